The van der Waals surface area contributed by atoms with Gasteiger partial charge in [-0.1, -0.05) is 25.7 Å². The lowest BCUT2D eigenvalue weighted by Gasteiger charge is -2.17. The van der Waals surface area contributed by atoms with Gasteiger partial charge in [-0.2, -0.15) is 0 Å². The van der Waals surface area contributed by atoms with E-state index in [0.29, 0.717) is 6.61 Å². The molecule has 1 atom stereocenters. The van der Waals surface area contributed by atoms with Crippen LogP contribution < -0.4 is 10.6 Å². The lowest BCUT2D eigenvalue weighted by atomic mass is 10.0. The van der Waals surface area contributed by atoms with Gasteiger partial charge < -0.3 is 15.4 Å². The van der Waals surface area contributed by atoms with Crippen molar-refractivity contribution in [3.8, 4) is 0 Å². The second-order valence-corrected chi connectivity index (χ2v) is 5.55. The van der Waals surface area contributed by atoms with Crippen LogP contribution in [0.1, 0.15) is 52.4 Å². The van der Waals surface area contributed by atoms with Crippen LogP contribution in [0.5, 0.6) is 0 Å². The fourth-order valence-corrected chi connectivity index (χ4v) is 2.71. The topological polar surface area (TPSA) is 45.7 Å². The van der Waals surface area contributed by atoms with E-state index >= 15 is 0 Å². The molecule has 0 amide bonds. The Labute approximate surface area is 141 Å². The van der Waals surface area contributed by atoms with Crippen LogP contribution in [0.4, 0.5) is 0 Å². The van der Waals surface area contributed by atoms with E-state index in [2.05, 4.69) is 29.5 Å². The average molecular weight is 397 g/mol. The normalized spacial score (nSPS) is 17.6. The molecule has 2 N–H and O–H groups in total. The summed E-state index contributed by atoms with van der Waals surface area (Å²) in [5, 5.41) is 6.64. The molecule has 1 fully saturated rings. The number of hydrogen-bond acceptors (Lipinski definition) is 2. The molecule has 0 heterocycles. The van der Waals surface area contributed by atoms with Crippen molar-refractivity contribution < 1.29 is 4.74 Å². The summed E-state index contributed by atoms with van der Waals surface area (Å²) in [5.41, 5.74) is 0. The Balaban J connectivity index is 0.00000361. The van der Waals surface area contributed by atoms with Crippen LogP contribution in [0, 0.1) is 5.92 Å². The molecular weight excluding hydrogens is 365 g/mol. The van der Waals surface area contributed by atoms with Gasteiger partial charge in [-0.05, 0) is 32.6 Å². The largest absolute Gasteiger partial charge is 0.383 e. The third kappa shape index (κ3) is 9.00. The van der Waals surface area contributed by atoms with Crippen molar-refractivity contribution in [2.75, 3.05) is 26.8 Å². The van der Waals surface area contributed by atoms with Crippen LogP contribution in [-0.2, 0) is 4.74 Å². The maximum Gasteiger partial charge on any atom is 0.191 e. The lowest BCUT2D eigenvalue weighted by molar-refractivity contribution is 0.179. The van der Waals surface area contributed by atoms with E-state index < -0.39 is 0 Å². The monoisotopic (exact) mass is 397 g/mol. The molecule has 0 aromatic rings. The molecule has 120 valence electrons. The first-order valence-corrected chi connectivity index (χ1v) is 7.80. The van der Waals surface area contributed by atoms with Gasteiger partial charge in [0.25, 0.3) is 0 Å². The lowest BCUT2D eigenvalue weighted by Crippen LogP contribution is -2.44. The minimum absolute atomic E-state index is 0. The first kappa shape index (κ1) is 20.0. The first-order chi connectivity index (χ1) is 9.26. The molecule has 1 unspecified atom stereocenters. The Kier molecular flexibility index (Phi) is 12.7. The minimum Gasteiger partial charge on any atom is -0.383 e. The zero-order chi connectivity index (χ0) is 13.9. The zero-order valence-electron chi connectivity index (χ0n) is 13.3. The second-order valence-electron chi connectivity index (χ2n) is 5.55. The summed E-state index contributed by atoms with van der Waals surface area (Å²) in [6.45, 7) is 6.72. The molecule has 1 saturated carbocycles. The highest BCUT2D eigenvalue weighted by atomic mass is 127. The van der Waals surface area contributed by atoms with Gasteiger partial charge in [0.05, 0.1) is 6.61 Å². The van der Waals surface area contributed by atoms with Crippen LogP contribution in [0.15, 0.2) is 4.99 Å². The summed E-state index contributed by atoms with van der Waals surface area (Å²) in [4.78, 5) is 4.64. The summed E-state index contributed by atoms with van der Waals surface area (Å²) in [6, 6.07) is 0.289. The summed E-state index contributed by atoms with van der Waals surface area (Å²) in [5.74, 6) is 1.89. The zero-order valence-corrected chi connectivity index (χ0v) is 15.6. The van der Waals surface area contributed by atoms with Crippen LogP contribution in [-0.4, -0.2) is 38.8 Å². The summed E-state index contributed by atoms with van der Waals surface area (Å²) in [6.07, 6.45) is 8.30. The quantitative estimate of drug-likeness (QED) is 0.286. The molecule has 0 aliphatic heterocycles. The van der Waals surface area contributed by atoms with Crippen molar-refractivity contribution in [3.05, 3.63) is 0 Å². The molecule has 0 aromatic heterocycles. The van der Waals surface area contributed by atoms with Crippen molar-refractivity contribution in [1.29, 1.82) is 0 Å². The van der Waals surface area contributed by atoms with Crippen molar-refractivity contribution in [2.45, 2.75) is 58.4 Å². The number of nitrogens with one attached hydrogen (secondary N) is 2. The number of rotatable bonds is 8. The average Bonchev–Trinajstić information content (AvgIpc) is 2.88. The molecular formula is C15H32IN3O. The number of ether oxygens (including phenoxy) is 1. The molecule has 1 aliphatic rings. The fraction of sp³-hybridized carbons (Fsp3) is 0.933. The number of guanidine groups is 1. The predicted octanol–water partition coefficient (Wildman–Crippen LogP) is 3.16. The van der Waals surface area contributed by atoms with E-state index in [9.17, 15) is 0 Å². The standard InChI is InChI=1S/C15H31N3O.HI/c1-4-16-15(18-13(2)12-19-3)17-11-7-10-14-8-5-6-9-14;/h13-14H,4-12H2,1-3H3,(H2,16,17,18);1H. The number of hydrogen-bond donors (Lipinski definition) is 2. The van der Waals surface area contributed by atoms with E-state index in [4.69, 9.17) is 4.74 Å². The molecule has 1 rings (SSSR count). The van der Waals surface area contributed by atoms with Gasteiger partial charge in [-0.3, -0.25) is 4.99 Å². The Hall–Kier alpha value is -0.0400. The van der Waals surface area contributed by atoms with Gasteiger partial charge in [0, 0.05) is 26.2 Å². The highest BCUT2D eigenvalue weighted by molar-refractivity contribution is 14.0. The molecule has 1 aliphatic carbocycles. The Morgan fingerprint density at radius 2 is 2.05 bits per heavy atom. The molecule has 20 heavy (non-hydrogen) atoms. The van der Waals surface area contributed by atoms with Gasteiger partial charge in [0.1, 0.15) is 0 Å². The number of nitrogens with zero attached hydrogens (tertiary/aromatic N) is 1. The second kappa shape index (κ2) is 12.7. The number of methoxy groups -OCH3 is 1. The smallest absolute Gasteiger partial charge is 0.191 e. The molecule has 5 heteroatoms. The third-order valence-electron chi connectivity index (χ3n) is 3.66. The maximum atomic E-state index is 5.13. The van der Waals surface area contributed by atoms with E-state index in [0.717, 1.165) is 25.0 Å². The summed E-state index contributed by atoms with van der Waals surface area (Å²) < 4.78 is 5.13. The maximum absolute atomic E-state index is 5.13. The predicted molar refractivity (Wildman–Crippen MR) is 97.1 cm³/mol. The van der Waals surface area contributed by atoms with Gasteiger partial charge in [-0.15, -0.1) is 24.0 Å². The Bertz CT molecular complexity index is 256. The van der Waals surface area contributed by atoms with Gasteiger partial charge in [0.2, 0.25) is 0 Å². The molecule has 4 nitrogen and oxygen atoms in total. The summed E-state index contributed by atoms with van der Waals surface area (Å²) in [7, 11) is 1.73. The molecule has 0 bridgehead atoms. The van der Waals surface area contributed by atoms with Crippen molar-refractivity contribution in [1.82, 2.24) is 10.6 Å². The first-order valence-electron chi connectivity index (χ1n) is 7.80. The van der Waals surface area contributed by atoms with E-state index in [1.54, 1.807) is 7.11 Å². The van der Waals surface area contributed by atoms with Gasteiger partial charge >= 0.3 is 0 Å². The molecule has 0 saturated heterocycles. The van der Waals surface area contributed by atoms with Gasteiger partial charge in [0.15, 0.2) is 5.96 Å². The third-order valence-corrected chi connectivity index (χ3v) is 3.66. The molecule has 0 radical (unpaired) electrons. The van der Waals surface area contributed by atoms with Crippen molar-refractivity contribution in [3.63, 3.8) is 0 Å². The van der Waals surface area contributed by atoms with E-state index in [1.807, 2.05) is 0 Å². The minimum atomic E-state index is 0. The highest BCUT2D eigenvalue weighted by Gasteiger charge is 2.13. The summed E-state index contributed by atoms with van der Waals surface area (Å²) >= 11 is 0. The Morgan fingerprint density at radius 1 is 1.35 bits per heavy atom. The van der Waals surface area contributed by atoms with E-state index in [1.165, 1.54) is 38.5 Å². The number of halogens is 1. The van der Waals surface area contributed by atoms with Crippen molar-refractivity contribution in [2.24, 2.45) is 10.9 Å². The Morgan fingerprint density at radius 3 is 2.65 bits per heavy atom. The van der Waals surface area contributed by atoms with Crippen LogP contribution in [0.2, 0.25) is 0 Å². The van der Waals surface area contributed by atoms with Gasteiger partial charge in [-0.25, -0.2) is 0 Å². The van der Waals surface area contributed by atoms with Crippen LogP contribution >= 0.6 is 24.0 Å². The van der Waals surface area contributed by atoms with E-state index in [-0.39, 0.29) is 30.0 Å². The fourth-order valence-electron chi connectivity index (χ4n) is 2.71. The molecule has 0 aromatic carbocycles. The van der Waals surface area contributed by atoms with Crippen LogP contribution in [0.25, 0.3) is 0 Å². The highest BCUT2D eigenvalue weighted by Crippen LogP contribution is 2.28. The van der Waals surface area contributed by atoms with Crippen LogP contribution in [0.3, 0.4) is 0 Å². The SMILES string of the molecule is CCNC(=NCCCC1CCCC1)NC(C)COC.I. The number of aliphatic imine (C=N–C) groups is 1. The van der Waals surface area contributed by atoms with Crippen molar-refractivity contribution >= 4 is 29.9 Å². The molecule has 0 spiro atoms.